The average molecular weight is 166 g/mol. The molecule has 0 aliphatic heterocycles. The van der Waals surface area contributed by atoms with Gasteiger partial charge in [-0.25, -0.2) is 0 Å². The van der Waals surface area contributed by atoms with Crippen molar-refractivity contribution in [3.8, 4) is 0 Å². The molecule has 68 valence electrons. The molecule has 0 bridgehead atoms. The Morgan fingerprint density at radius 2 is 2.08 bits per heavy atom. The molecular weight excluding hydrogens is 148 g/mol. The molecule has 1 aromatic rings. The number of pyridine rings is 1. The first kappa shape index (κ1) is 11.1. The zero-order chi connectivity index (χ0) is 9.40. The molecule has 0 aliphatic rings. The van der Waals surface area contributed by atoms with Crippen LogP contribution < -0.4 is 5.73 Å². The Hall–Kier alpha value is -0.890. The third-order valence-corrected chi connectivity index (χ3v) is 1.37. The first-order valence-corrected chi connectivity index (χ1v) is 4.44. The number of nitrogens with zero attached hydrogens (tertiary/aromatic N) is 1. The molecule has 0 radical (unpaired) electrons. The van der Waals surface area contributed by atoms with E-state index in [1.54, 1.807) is 0 Å². The van der Waals surface area contributed by atoms with Crippen LogP contribution in [0.15, 0.2) is 18.3 Å². The molecule has 12 heavy (non-hydrogen) atoms. The second-order valence-electron chi connectivity index (χ2n) is 2.36. The molecule has 0 unspecified atom stereocenters. The number of hydrogen-bond donors (Lipinski definition) is 1. The highest BCUT2D eigenvalue weighted by molar-refractivity contribution is 5.14. The molecule has 0 saturated carbocycles. The molecule has 1 heterocycles. The Morgan fingerprint density at radius 1 is 1.42 bits per heavy atom. The summed E-state index contributed by atoms with van der Waals surface area (Å²) in [6, 6.07) is 4.05. The molecule has 0 spiro atoms. The molecular formula is C10H18N2. The molecule has 0 fully saturated rings. The van der Waals surface area contributed by atoms with E-state index in [0.29, 0.717) is 6.54 Å². The van der Waals surface area contributed by atoms with Gasteiger partial charge in [0.2, 0.25) is 0 Å². The molecule has 2 heteroatoms. The summed E-state index contributed by atoms with van der Waals surface area (Å²) < 4.78 is 0. The van der Waals surface area contributed by atoms with Crippen molar-refractivity contribution in [1.82, 2.24) is 4.98 Å². The van der Waals surface area contributed by atoms with Crippen LogP contribution in [-0.2, 0) is 6.42 Å². The lowest BCUT2D eigenvalue weighted by Gasteiger charge is -1.96. The Bertz CT molecular complexity index is 209. The number of hydrogen-bond acceptors (Lipinski definition) is 2. The second-order valence-corrected chi connectivity index (χ2v) is 2.36. The summed E-state index contributed by atoms with van der Waals surface area (Å²) in [4.78, 5) is 4.15. The van der Waals surface area contributed by atoms with Crippen molar-refractivity contribution in [3.63, 3.8) is 0 Å². The maximum Gasteiger partial charge on any atom is 0.0418 e. The standard InChI is InChI=1S/C8H12N2.C2H6/c1-7-3-5-10-8(6-7)2-4-9;1-2/h3,5-6H,2,4,9H2,1H3;1-2H3. The first-order valence-electron chi connectivity index (χ1n) is 4.44. The van der Waals surface area contributed by atoms with E-state index in [-0.39, 0.29) is 0 Å². The second kappa shape index (κ2) is 6.80. The van der Waals surface area contributed by atoms with Gasteiger partial charge in [0.05, 0.1) is 0 Å². The lowest BCUT2D eigenvalue weighted by atomic mass is 10.2. The van der Waals surface area contributed by atoms with Gasteiger partial charge in [0.1, 0.15) is 0 Å². The highest BCUT2D eigenvalue weighted by atomic mass is 14.7. The van der Waals surface area contributed by atoms with Gasteiger partial charge in [-0.15, -0.1) is 0 Å². The van der Waals surface area contributed by atoms with Gasteiger partial charge in [-0.2, -0.15) is 0 Å². The van der Waals surface area contributed by atoms with Crippen LogP contribution in [0.25, 0.3) is 0 Å². The van der Waals surface area contributed by atoms with Crippen LogP contribution in [0.1, 0.15) is 25.1 Å². The third-order valence-electron chi connectivity index (χ3n) is 1.37. The molecule has 2 N–H and O–H groups in total. The molecule has 0 amide bonds. The van der Waals surface area contributed by atoms with Crippen molar-refractivity contribution in [2.24, 2.45) is 5.73 Å². The Morgan fingerprint density at radius 3 is 2.58 bits per heavy atom. The zero-order valence-corrected chi connectivity index (χ0v) is 8.17. The molecule has 0 saturated heterocycles. The van der Waals surface area contributed by atoms with Crippen molar-refractivity contribution >= 4 is 0 Å². The van der Waals surface area contributed by atoms with Gasteiger partial charge >= 0.3 is 0 Å². The van der Waals surface area contributed by atoms with Crippen molar-refractivity contribution in [3.05, 3.63) is 29.6 Å². The minimum Gasteiger partial charge on any atom is -0.330 e. The molecule has 0 aromatic carbocycles. The normalized spacial score (nSPS) is 8.67. The summed E-state index contributed by atoms with van der Waals surface area (Å²) in [5, 5.41) is 0. The summed E-state index contributed by atoms with van der Waals surface area (Å²) >= 11 is 0. The van der Waals surface area contributed by atoms with Gasteiger partial charge in [-0.1, -0.05) is 13.8 Å². The van der Waals surface area contributed by atoms with Crippen LogP contribution in [0.3, 0.4) is 0 Å². The fourth-order valence-electron chi connectivity index (χ4n) is 0.883. The predicted octanol–water partition coefficient (Wildman–Crippen LogP) is 1.92. The van der Waals surface area contributed by atoms with Crippen LogP contribution >= 0.6 is 0 Å². The summed E-state index contributed by atoms with van der Waals surface area (Å²) in [5.41, 5.74) is 7.70. The van der Waals surface area contributed by atoms with Crippen LogP contribution in [-0.4, -0.2) is 11.5 Å². The summed E-state index contributed by atoms with van der Waals surface area (Å²) in [6.07, 6.45) is 2.70. The van der Waals surface area contributed by atoms with Gasteiger partial charge in [-0.05, 0) is 31.2 Å². The lowest BCUT2D eigenvalue weighted by molar-refractivity contribution is 0.920. The van der Waals surface area contributed by atoms with Crippen molar-refractivity contribution in [1.29, 1.82) is 0 Å². The summed E-state index contributed by atoms with van der Waals surface area (Å²) in [6.45, 7) is 6.73. The molecule has 1 rings (SSSR count). The monoisotopic (exact) mass is 166 g/mol. The van der Waals surface area contributed by atoms with Gasteiger partial charge in [-0.3, -0.25) is 4.98 Å². The number of aryl methyl sites for hydroxylation is 1. The molecule has 0 aliphatic carbocycles. The summed E-state index contributed by atoms with van der Waals surface area (Å²) in [5.74, 6) is 0. The molecule has 2 nitrogen and oxygen atoms in total. The van der Waals surface area contributed by atoms with Crippen LogP contribution in [0.2, 0.25) is 0 Å². The van der Waals surface area contributed by atoms with E-state index in [9.17, 15) is 0 Å². The number of aromatic nitrogens is 1. The van der Waals surface area contributed by atoms with Crippen molar-refractivity contribution < 1.29 is 0 Å². The van der Waals surface area contributed by atoms with Crippen molar-refractivity contribution in [2.75, 3.05) is 6.54 Å². The van der Waals surface area contributed by atoms with E-state index in [1.165, 1.54) is 5.56 Å². The largest absolute Gasteiger partial charge is 0.330 e. The quantitative estimate of drug-likeness (QED) is 0.729. The minimum atomic E-state index is 0.677. The zero-order valence-electron chi connectivity index (χ0n) is 8.17. The van der Waals surface area contributed by atoms with E-state index >= 15 is 0 Å². The highest BCUT2D eigenvalue weighted by Crippen LogP contribution is 1.98. The highest BCUT2D eigenvalue weighted by Gasteiger charge is 1.90. The van der Waals surface area contributed by atoms with E-state index in [4.69, 9.17) is 5.73 Å². The van der Waals surface area contributed by atoms with E-state index in [1.807, 2.05) is 26.1 Å². The summed E-state index contributed by atoms with van der Waals surface area (Å²) in [7, 11) is 0. The third kappa shape index (κ3) is 4.09. The SMILES string of the molecule is CC.Cc1ccnc(CCN)c1. The Labute approximate surface area is 74.8 Å². The van der Waals surface area contributed by atoms with Gasteiger partial charge in [0.25, 0.3) is 0 Å². The van der Waals surface area contributed by atoms with E-state index < -0.39 is 0 Å². The Kier molecular flexibility index (Phi) is 6.29. The topological polar surface area (TPSA) is 38.9 Å². The fraction of sp³-hybridized carbons (Fsp3) is 0.500. The van der Waals surface area contributed by atoms with E-state index in [0.717, 1.165) is 12.1 Å². The van der Waals surface area contributed by atoms with E-state index in [2.05, 4.69) is 18.0 Å². The lowest BCUT2D eigenvalue weighted by Crippen LogP contribution is -2.04. The minimum absolute atomic E-state index is 0.677. The van der Waals surface area contributed by atoms with Crippen LogP contribution in [0, 0.1) is 6.92 Å². The molecule has 0 atom stereocenters. The molecule has 1 aromatic heterocycles. The average Bonchev–Trinajstić information content (AvgIpc) is 2.09. The van der Waals surface area contributed by atoms with Crippen LogP contribution in [0.4, 0.5) is 0 Å². The van der Waals surface area contributed by atoms with Crippen LogP contribution in [0.5, 0.6) is 0 Å². The Balaban J connectivity index is 0.000000561. The predicted molar refractivity (Wildman–Crippen MR) is 53.1 cm³/mol. The van der Waals surface area contributed by atoms with Crippen molar-refractivity contribution in [2.45, 2.75) is 27.2 Å². The van der Waals surface area contributed by atoms with Gasteiger partial charge < -0.3 is 5.73 Å². The van der Waals surface area contributed by atoms with Gasteiger partial charge in [0.15, 0.2) is 0 Å². The first-order chi connectivity index (χ1) is 5.83. The smallest absolute Gasteiger partial charge is 0.0418 e. The number of rotatable bonds is 2. The fourth-order valence-corrected chi connectivity index (χ4v) is 0.883. The maximum absolute atomic E-state index is 5.37. The van der Waals surface area contributed by atoms with Gasteiger partial charge in [0, 0.05) is 18.3 Å². The number of nitrogens with two attached hydrogens (primary N) is 1. The maximum atomic E-state index is 5.37.